The number of rotatable bonds is 5. The second-order valence-corrected chi connectivity index (χ2v) is 6.75. The van der Waals surface area contributed by atoms with E-state index in [1.54, 1.807) is 0 Å². The maximum absolute atomic E-state index is 11.7. The van der Waals surface area contributed by atoms with E-state index in [0.717, 1.165) is 6.42 Å². The molecule has 0 aromatic carbocycles. The molecule has 0 aliphatic rings. The molecule has 106 valence electrons. The van der Waals surface area contributed by atoms with E-state index >= 15 is 0 Å². The summed E-state index contributed by atoms with van der Waals surface area (Å²) < 4.78 is 0. The third-order valence-corrected chi connectivity index (χ3v) is 2.49. The van der Waals surface area contributed by atoms with Crippen LogP contribution in [0.2, 0.25) is 0 Å². The predicted octanol–water partition coefficient (Wildman–Crippen LogP) is 2.06. The Morgan fingerprint density at radius 1 is 1.06 bits per heavy atom. The minimum atomic E-state index is -0.595. The normalized spacial score (nSPS) is 12.1. The fourth-order valence-electron chi connectivity index (χ4n) is 2.08. The van der Waals surface area contributed by atoms with Gasteiger partial charge in [0.25, 0.3) is 0 Å². The standard InChI is InChI=1S/C13H25ClN2O2/c1-12(2,3)9-13(4,5)16-11(18)10(17)15-8-6-7-14/h6-9H2,1-5H3,(H,15,17)(H,16,18). The largest absolute Gasteiger partial charge is 0.348 e. The van der Waals surface area contributed by atoms with Crippen molar-refractivity contribution in [1.29, 1.82) is 0 Å². The molecule has 0 heterocycles. The molecule has 0 aliphatic heterocycles. The van der Waals surface area contributed by atoms with Crippen LogP contribution in [0.3, 0.4) is 0 Å². The van der Waals surface area contributed by atoms with Gasteiger partial charge in [0.15, 0.2) is 0 Å². The number of amides is 2. The molecule has 0 bridgehead atoms. The molecule has 0 aromatic heterocycles. The van der Waals surface area contributed by atoms with E-state index in [2.05, 4.69) is 31.4 Å². The van der Waals surface area contributed by atoms with E-state index < -0.39 is 17.4 Å². The highest BCUT2D eigenvalue weighted by Crippen LogP contribution is 2.26. The van der Waals surface area contributed by atoms with Gasteiger partial charge in [0, 0.05) is 18.0 Å². The maximum Gasteiger partial charge on any atom is 0.309 e. The van der Waals surface area contributed by atoms with Gasteiger partial charge in [-0.25, -0.2) is 0 Å². The highest BCUT2D eigenvalue weighted by atomic mass is 35.5. The number of hydrogen-bond acceptors (Lipinski definition) is 2. The number of halogens is 1. The quantitative estimate of drug-likeness (QED) is 0.459. The predicted molar refractivity (Wildman–Crippen MR) is 74.6 cm³/mol. The number of carbonyl (C=O) groups excluding carboxylic acids is 2. The second-order valence-electron chi connectivity index (χ2n) is 6.37. The van der Waals surface area contributed by atoms with Crippen LogP contribution in [0.25, 0.3) is 0 Å². The summed E-state index contributed by atoms with van der Waals surface area (Å²) in [5, 5.41) is 5.29. The van der Waals surface area contributed by atoms with E-state index in [0.29, 0.717) is 18.8 Å². The molecule has 0 saturated heterocycles. The van der Waals surface area contributed by atoms with E-state index in [1.807, 2.05) is 13.8 Å². The maximum atomic E-state index is 11.7. The Bertz CT molecular complexity index is 296. The molecular formula is C13H25ClN2O2. The SMILES string of the molecule is CC(C)(C)CC(C)(C)NC(=O)C(=O)NCCCCl. The van der Waals surface area contributed by atoms with Crippen molar-refractivity contribution in [1.82, 2.24) is 10.6 Å². The van der Waals surface area contributed by atoms with E-state index in [9.17, 15) is 9.59 Å². The van der Waals surface area contributed by atoms with Crippen molar-refractivity contribution in [3.63, 3.8) is 0 Å². The summed E-state index contributed by atoms with van der Waals surface area (Å²) in [7, 11) is 0. The zero-order valence-corrected chi connectivity index (χ0v) is 12.8. The molecular weight excluding hydrogens is 252 g/mol. The van der Waals surface area contributed by atoms with Crippen molar-refractivity contribution >= 4 is 23.4 Å². The van der Waals surface area contributed by atoms with Crippen molar-refractivity contribution in [2.45, 2.75) is 53.0 Å². The number of nitrogens with one attached hydrogen (secondary N) is 2. The Morgan fingerprint density at radius 3 is 2.06 bits per heavy atom. The van der Waals surface area contributed by atoms with Crippen LogP contribution in [0, 0.1) is 5.41 Å². The first-order valence-corrected chi connectivity index (χ1v) is 6.77. The van der Waals surface area contributed by atoms with Crippen LogP contribution in [-0.4, -0.2) is 29.8 Å². The Morgan fingerprint density at radius 2 is 1.61 bits per heavy atom. The summed E-state index contributed by atoms with van der Waals surface area (Å²) in [6.07, 6.45) is 1.45. The van der Waals surface area contributed by atoms with Crippen LogP contribution < -0.4 is 10.6 Å². The van der Waals surface area contributed by atoms with E-state index in [4.69, 9.17) is 11.6 Å². The van der Waals surface area contributed by atoms with E-state index in [1.165, 1.54) is 0 Å². The van der Waals surface area contributed by atoms with Crippen LogP contribution in [0.4, 0.5) is 0 Å². The third kappa shape index (κ3) is 8.34. The molecule has 0 fully saturated rings. The van der Waals surface area contributed by atoms with Crippen LogP contribution in [-0.2, 0) is 9.59 Å². The first-order chi connectivity index (χ1) is 8.07. The molecule has 0 saturated carbocycles. The Labute approximate surface area is 115 Å². The summed E-state index contributed by atoms with van der Waals surface area (Å²) in [6, 6.07) is 0. The Hall–Kier alpha value is -0.770. The lowest BCUT2D eigenvalue weighted by Crippen LogP contribution is -2.51. The average molecular weight is 277 g/mol. The van der Waals surface area contributed by atoms with Gasteiger partial charge in [0.05, 0.1) is 0 Å². The monoisotopic (exact) mass is 276 g/mol. The minimum absolute atomic E-state index is 0.0892. The van der Waals surface area contributed by atoms with Crippen LogP contribution in [0.5, 0.6) is 0 Å². The summed E-state index contributed by atoms with van der Waals surface area (Å²) >= 11 is 5.49. The average Bonchev–Trinajstić information content (AvgIpc) is 2.12. The van der Waals surface area contributed by atoms with Crippen molar-refractivity contribution in [3.05, 3.63) is 0 Å². The summed E-state index contributed by atoms with van der Waals surface area (Å²) in [4.78, 5) is 23.2. The van der Waals surface area contributed by atoms with Gasteiger partial charge in [-0.2, -0.15) is 0 Å². The fourth-order valence-corrected chi connectivity index (χ4v) is 2.22. The smallest absolute Gasteiger partial charge is 0.309 e. The van der Waals surface area contributed by atoms with Crippen LogP contribution in [0.15, 0.2) is 0 Å². The molecule has 5 heteroatoms. The van der Waals surface area contributed by atoms with Gasteiger partial charge in [-0.1, -0.05) is 20.8 Å². The van der Waals surface area contributed by atoms with Gasteiger partial charge < -0.3 is 10.6 Å². The van der Waals surface area contributed by atoms with Gasteiger partial charge in [-0.3, -0.25) is 9.59 Å². The molecule has 18 heavy (non-hydrogen) atoms. The fraction of sp³-hybridized carbons (Fsp3) is 0.846. The van der Waals surface area contributed by atoms with Gasteiger partial charge in [0.2, 0.25) is 0 Å². The lowest BCUT2D eigenvalue weighted by molar-refractivity contribution is -0.140. The zero-order valence-electron chi connectivity index (χ0n) is 12.0. The third-order valence-electron chi connectivity index (χ3n) is 2.23. The second kappa shape index (κ2) is 6.98. The molecule has 0 aliphatic carbocycles. The first-order valence-electron chi connectivity index (χ1n) is 6.24. The van der Waals surface area contributed by atoms with Crippen molar-refractivity contribution in [3.8, 4) is 0 Å². The summed E-state index contributed by atoms with van der Waals surface area (Å²) in [6.45, 7) is 10.6. The number of alkyl halides is 1. The minimum Gasteiger partial charge on any atom is -0.348 e. The molecule has 0 rings (SSSR count). The zero-order chi connectivity index (χ0) is 14.4. The lowest BCUT2D eigenvalue weighted by Gasteiger charge is -2.33. The van der Waals surface area contributed by atoms with Crippen LogP contribution >= 0.6 is 11.6 Å². The molecule has 0 spiro atoms. The lowest BCUT2D eigenvalue weighted by atomic mass is 9.82. The molecule has 0 radical (unpaired) electrons. The molecule has 4 nitrogen and oxygen atoms in total. The van der Waals surface area contributed by atoms with Gasteiger partial charge in [-0.05, 0) is 32.1 Å². The van der Waals surface area contributed by atoms with Crippen molar-refractivity contribution < 1.29 is 9.59 Å². The first kappa shape index (κ1) is 17.2. The molecule has 2 N–H and O–H groups in total. The van der Waals surface area contributed by atoms with E-state index in [-0.39, 0.29) is 5.41 Å². The van der Waals surface area contributed by atoms with Crippen LogP contribution in [0.1, 0.15) is 47.5 Å². The van der Waals surface area contributed by atoms with Gasteiger partial charge >= 0.3 is 11.8 Å². The summed E-state index contributed by atoms with van der Waals surface area (Å²) in [5.74, 6) is -0.710. The Kier molecular flexibility index (Phi) is 6.68. The van der Waals surface area contributed by atoms with Crippen molar-refractivity contribution in [2.24, 2.45) is 5.41 Å². The van der Waals surface area contributed by atoms with Gasteiger partial charge in [0.1, 0.15) is 0 Å². The Balaban J connectivity index is 4.24. The molecule has 0 atom stereocenters. The van der Waals surface area contributed by atoms with Crippen molar-refractivity contribution in [2.75, 3.05) is 12.4 Å². The highest BCUT2D eigenvalue weighted by molar-refractivity contribution is 6.35. The number of hydrogen-bond donors (Lipinski definition) is 2. The summed E-state index contributed by atoms with van der Waals surface area (Å²) in [5.41, 5.74) is -0.314. The molecule has 0 unspecified atom stereocenters. The molecule has 0 aromatic rings. The number of carbonyl (C=O) groups is 2. The molecule has 2 amide bonds. The topological polar surface area (TPSA) is 58.2 Å². The van der Waals surface area contributed by atoms with Gasteiger partial charge in [-0.15, -0.1) is 11.6 Å². The highest BCUT2D eigenvalue weighted by Gasteiger charge is 2.28.